The van der Waals surface area contributed by atoms with Gasteiger partial charge in [-0.1, -0.05) is 6.08 Å². The highest BCUT2D eigenvalue weighted by molar-refractivity contribution is 5.96. The van der Waals surface area contributed by atoms with Crippen molar-refractivity contribution in [2.45, 2.75) is 70.6 Å². The molecule has 0 saturated carbocycles. The maximum atomic E-state index is 12.7. The molecule has 0 aromatic heterocycles. The molecular weight excluding hydrogens is 300 g/mol. The molecule has 0 bridgehead atoms. The van der Waals surface area contributed by atoms with Crippen molar-refractivity contribution in [3.05, 3.63) is 11.6 Å². The Bertz CT molecular complexity index is 513. The second-order valence-corrected chi connectivity index (χ2v) is 7.75. The molecule has 2 heterocycles. The Morgan fingerprint density at radius 1 is 1.22 bits per heavy atom. The van der Waals surface area contributed by atoms with Crippen molar-refractivity contribution in [1.29, 1.82) is 0 Å². The minimum atomic E-state index is -0.857. The molecule has 7 nitrogen and oxygen atoms in total. The van der Waals surface area contributed by atoms with Crippen molar-refractivity contribution in [3.8, 4) is 0 Å². The van der Waals surface area contributed by atoms with Crippen LogP contribution in [-0.2, 0) is 14.3 Å². The van der Waals surface area contributed by atoms with Crippen molar-refractivity contribution >= 4 is 5.91 Å². The van der Waals surface area contributed by atoms with Crippen LogP contribution >= 0.6 is 0 Å². The molecule has 2 aliphatic rings. The van der Waals surface area contributed by atoms with Crippen molar-refractivity contribution < 1.29 is 24.6 Å². The van der Waals surface area contributed by atoms with Crippen molar-refractivity contribution in [2.24, 2.45) is 0 Å². The first-order valence-corrected chi connectivity index (χ1v) is 7.86. The number of carbonyl (C=O) groups excluding carboxylic acids is 1. The molecule has 2 unspecified atom stereocenters. The molecule has 0 spiro atoms. The summed E-state index contributed by atoms with van der Waals surface area (Å²) < 4.78 is 11.0. The summed E-state index contributed by atoms with van der Waals surface area (Å²) in [7, 11) is 0. The summed E-state index contributed by atoms with van der Waals surface area (Å²) in [6.45, 7) is 11.0. The summed E-state index contributed by atoms with van der Waals surface area (Å²) >= 11 is 0. The zero-order chi connectivity index (χ0) is 17.6. The van der Waals surface area contributed by atoms with Crippen LogP contribution in [0.1, 0.15) is 41.5 Å². The van der Waals surface area contributed by atoms with Crippen LogP contribution in [0.25, 0.3) is 0 Å². The van der Waals surface area contributed by atoms with Crippen LogP contribution in [0, 0.1) is 0 Å². The molecule has 1 amide bonds. The number of amides is 1. The van der Waals surface area contributed by atoms with Gasteiger partial charge in [-0.05, 0) is 41.5 Å². The molecule has 23 heavy (non-hydrogen) atoms. The predicted molar refractivity (Wildman–Crippen MR) is 83.8 cm³/mol. The first kappa shape index (κ1) is 18.4. The summed E-state index contributed by atoms with van der Waals surface area (Å²) in [5, 5.41) is 24.4. The summed E-state index contributed by atoms with van der Waals surface area (Å²) in [6, 6.07) is -0.572. The van der Waals surface area contributed by atoms with E-state index in [1.165, 1.54) is 5.06 Å². The van der Waals surface area contributed by atoms with Gasteiger partial charge in [0.1, 0.15) is 0 Å². The van der Waals surface area contributed by atoms with Crippen molar-refractivity contribution in [1.82, 2.24) is 10.4 Å². The number of carbonyl (C=O) groups is 1. The topological polar surface area (TPSA) is 91.3 Å². The Hall–Kier alpha value is -0.990. The van der Waals surface area contributed by atoms with Crippen LogP contribution in [0.3, 0.4) is 0 Å². The van der Waals surface area contributed by atoms with Crippen LogP contribution in [-0.4, -0.2) is 63.5 Å². The summed E-state index contributed by atoms with van der Waals surface area (Å²) in [6.07, 6.45) is 0.885. The SMILES string of the molecule is CC1(C)OCC(O)C(NC(=O)C2=CC(C)(C)N(O)C2(C)C)CO1. The van der Waals surface area contributed by atoms with Gasteiger partial charge in [0.15, 0.2) is 5.79 Å². The molecule has 132 valence electrons. The van der Waals surface area contributed by atoms with Crippen LogP contribution in [0.5, 0.6) is 0 Å². The fourth-order valence-corrected chi connectivity index (χ4v) is 3.00. The number of aliphatic hydroxyl groups excluding tert-OH is 1. The van der Waals surface area contributed by atoms with E-state index in [1.807, 2.05) is 13.8 Å². The molecule has 7 heteroatoms. The van der Waals surface area contributed by atoms with Gasteiger partial charge in [-0.3, -0.25) is 4.79 Å². The van der Waals surface area contributed by atoms with Gasteiger partial charge in [-0.2, -0.15) is 5.06 Å². The normalized spacial score (nSPS) is 33.0. The number of nitrogens with one attached hydrogen (secondary N) is 1. The van der Waals surface area contributed by atoms with E-state index in [-0.39, 0.29) is 19.1 Å². The molecule has 2 atom stereocenters. The van der Waals surface area contributed by atoms with E-state index >= 15 is 0 Å². The van der Waals surface area contributed by atoms with Gasteiger partial charge in [0, 0.05) is 5.57 Å². The Morgan fingerprint density at radius 3 is 2.30 bits per heavy atom. The first-order chi connectivity index (χ1) is 10.4. The quantitative estimate of drug-likeness (QED) is 0.695. The van der Waals surface area contributed by atoms with E-state index in [4.69, 9.17) is 9.47 Å². The monoisotopic (exact) mass is 328 g/mol. The second kappa shape index (κ2) is 5.82. The van der Waals surface area contributed by atoms with Gasteiger partial charge < -0.3 is 25.1 Å². The average Bonchev–Trinajstić information content (AvgIpc) is 2.53. The molecule has 2 aliphatic heterocycles. The van der Waals surface area contributed by atoms with Crippen LogP contribution < -0.4 is 5.32 Å². The predicted octanol–water partition coefficient (Wildman–Crippen LogP) is 0.803. The minimum Gasteiger partial charge on any atom is -0.388 e. The number of hydroxylamine groups is 2. The number of aliphatic hydroxyl groups is 1. The molecule has 3 N–H and O–H groups in total. The number of hydrogen-bond donors (Lipinski definition) is 3. The molecule has 1 saturated heterocycles. The average molecular weight is 328 g/mol. The van der Waals surface area contributed by atoms with E-state index in [0.717, 1.165) is 0 Å². The van der Waals surface area contributed by atoms with Crippen molar-refractivity contribution in [3.63, 3.8) is 0 Å². The molecule has 2 rings (SSSR count). The molecule has 0 aromatic rings. The van der Waals surface area contributed by atoms with E-state index in [9.17, 15) is 15.1 Å². The third-order valence-electron chi connectivity index (χ3n) is 4.47. The zero-order valence-corrected chi connectivity index (χ0v) is 14.7. The standard InChI is InChI=1S/C16H28N2O5/c1-14(2)7-10(15(3,4)18(14)21)13(20)17-11-8-22-16(5,6)23-9-12(11)19/h7,11-12,19,21H,8-9H2,1-6H3,(H,17,20). The van der Waals surface area contributed by atoms with E-state index in [1.54, 1.807) is 33.8 Å². The first-order valence-electron chi connectivity index (χ1n) is 7.86. The minimum absolute atomic E-state index is 0.0814. The maximum absolute atomic E-state index is 12.7. The van der Waals surface area contributed by atoms with Gasteiger partial charge in [0.25, 0.3) is 0 Å². The van der Waals surface area contributed by atoms with Gasteiger partial charge in [0.2, 0.25) is 5.91 Å². The summed E-state index contributed by atoms with van der Waals surface area (Å²) in [5.41, 5.74) is -0.999. The molecular formula is C16H28N2O5. The lowest BCUT2D eigenvalue weighted by Crippen LogP contribution is -2.52. The molecule has 1 fully saturated rings. The second-order valence-electron chi connectivity index (χ2n) is 7.75. The van der Waals surface area contributed by atoms with E-state index < -0.39 is 29.0 Å². The zero-order valence-electron chi connectivity index (χ0n) is 14.7. The van der Waals surface area contributed by atoms with Gasteiger partial charge in [-0.25, -0.2) is 0 Å². The third kappa shape index (κ3) is 3.59. The highest BCUT2D eigenvalue weighted by Gasteiger charge is 2.48. The number of nitrogens with zero attached hydrogens (tertiary/aromatic N) is 1. The van der Waals surface area contributed by atoms with Crippen LogP contribution in [0.4, 0.5) is 0 Å². The fourth-order valence-electron chi connectivity index (χ4n) is 3.00. The summed E-state index contributed by atoms with van der Waals surface area (Å²) in [4.78, 5) is 12.7. The fraction of sp³-hybridized carbons (Fsp3) is 0.812. The van der Waals surface area contributed by atoms with Crippen LogP contribution in [0.15, 0.2) is 11.6 Å². The lowest BCUT2D eigenvalue weighted by atomic mass is 9.95. The summed E-state index contributed by atoms with van der Waals surface area (Å²) in [5.74, 6) is -1.12. The van der Waals surface area contributed by atoms with Gasteiger partial charge in [-0.15, -0.1) is 0 Å². The van der Waals surface area contributed by atoms with Crippen molar-refractivity contribution in [2.75, 3.05) is 13.2 Å². The molecule has 0 radical (unpaired) electrons. The van der Waals surface area contributed by atoms with Gasteiger partial charge in [0.05, 0.1) is 36.4 Å². The third-order valence-corrected chi connectivity index (χ3v) is 4.47. The van der Waals surface area contributed by atoms with E-state index in [2.05, 4.69) is 5.32 Å². The number of hydrogen-bond acceptors (Lipinski definition) is 6. The smallest absolute Gasteiger partial charge is 0.249 e. The van der Waals surface area contributed by atoms with Crippen LogP contribution in [0.2, 0.25) is 0 Å². The molecule has 0 aliphatic carbocycles. The molecule has 0 aromatic carbocycles. The van der Waals surface area contributed by atoms with Gasteiger partial charge >= 0.3 is 0 Å². The highest BCUT2D eigenvalue weighted by Crippen LogP contribution is 2.38. The highest BCUT2D eigenvalue weighted by atomic mass is 16.7. The Labute approximate surface area is 137 Å². The largest absolute Gasteiger partial charge is 0.388 e. The number of rotatable bonds is 2. The number of ether oxygens (including phenoxy) is 2. The maximum Gasteiger partial charge on any atom is 0.249 e. The lowest BCUT2D eigenvalue weighted by molar-refractivity contribution is -0.203. The Balaban J connectivity index is 2.13. The van der Waals surface area contributed by atoms with E-state index in [0.29, 0.717) is 5.57 Å². The lowest BCUT2D eigenvalue weighted by Gasteiger charge is -2.36. The Morgan fingerprint density at radius 2 is 1.78 bits per heavy atom. The Kier molecular flexibility index (Phi) is 4.65.